The zero-order valence-electron chi connectivity index (χ0n) is 7.56. The summed E-state index contributed by atoms with van der Waals surface area (Å²) in [4.78, 5) is 13.5. The van der Waals surface area contributed by atoms with Crippen molar-refractivity contribution in [1.29, 1.82) is 5.26 Å². The van der Waals surface area contributed by atoms with Gasteiger partial charge in [0, 0.05) is 22.7 Å². The van der Waals surface area contributed by atoms with Crippen LogP contribution in [-0.4, -0.2) is 4.98 Å². The van der Waals surface area contributed by atoms with Crippen molar-refractivity contribution in [2.24, 2.45) is 0 Å². The lowest BCUT2D eigenvalue weighted by molar-refractivity contribution is 0.150. The molecule has 1 aromatic heterocycles. The number of hydrogen-bond acceptors (Lipinski definition) is 2. The Morgan fingerprint density at radius 1 is 1.60 bits per heavy atom. The van der Waals surface area contributed by atoms with Crippen LogP contribution in [0.25, 0.3) is 0 Å². The van der Waals surface area contributed by atoms with E-state index in [-0.39, 0.29) is 22.9 Å². The molecule has 80 valence electrons. The second-order valence-corrected chi connectivity index (χ2v) is 3.38. The molecule has 0 unspecified atom stereocenters. The number of H-pyrrole nitrogens is 1. The predicted molar refractivity (Wildman–Crippen MR) is 54.0 cm³/mol. The van der Waals surface area contributed by atoms with Crippen LogP contribution >= 0.6 is 15.9 Å². The number of nitriles is 1. The lowest BCUT2D eigenvalue weighted by atomic mass is 10.0. The summed E-state index contributed by atoms with van der Waals surface area (Å²) >= 11 is 3.07. The first-order chi connectivity index (χ1) is 7.10. The van der Waals surface area contributed by atoms with Crippen LogP contribution in [0.4, 0.5) is 8.78 Å². The molecule has 0 amide bonds. The fourth-order valence-electron chi connectivity index (χ4n) is 1.26. The average Bonchev–Trinajstić information content (AvgIpc) is 2.19. The SMILES string of the molecule is N#CCc1c(C(F)F)cc(=O)[nH]c1CBr. The molecule has 3 nitrogen and oxygen atoms in total. The number of aromatic nitrogens is 1. The molecule has 0 atom stereocenters. The summed E-state index contributed by atoms with van der Waals surface area (Å²) in [7, 11) is 0. The van der Waals surface area contributed by atoms with E-state index in [1.165, 1.54) is 0 Å². The number of nitrogens with zero attached hydrogens (tertiary/aromatic N) is 1. The van der Waals surface area contributed by atoms with Crippen molar-refractivity contribution in [2.75, 3.05) is 0 Å². The van der Waals surface area contributed by atoms with Gasteiger partial charge in [0.2, 0.25) is 5.56 Å². The van der Waals surface area contributed by atoms with Crippen LogP contribution in [0.3, 0.4) is 0 Å². The maximum absolute atomic E-state index is 12.6. The van der Waals surface area contributed by atoms with Crippen LogP contribution in [0, 0.1) is 11.3 Å². The smallest absolute Gasteiger partial charge is 0.264 e. The van der Waals surface area contributed by atoms with Crippen LogP contribution in [-0.2, 0) is 11.8 Å². The van der Waals surface area contributed by atoms with Crippen molar-refractivity contribution in [3.8, 4) is 6.07 Å². The molecule has 0 aromatic carbocycles. The minimum Gasteiger partial charge on any atom is -0.325 e. The topological polar surface area (TPSA) is 56.6 Å². The van der Waals surface area contributed by atoms with E-state index in [1.807, 2.05) is 0 Å². The van der Waals surface area contributed by atoms with Crippen LogP contribution < -0.4 is 5.56 Å². The molecule has 1 N–H and O–H groups in total. The van der Waals surface area contributed by atoms with Gasteiger partial charge in [0.1, 0.15) is 0 Å². The molecule has 1 heterocycles. The molecule has 15 heavy (non-hydrogen) atoms. The van der Waals surface area contributed by atoms with Gasteiger partial charge in [-0.05, 0) is 5.56 Å². The van der Waals surface area contributed by atoms with Crippen molar-refractivity contribution < 1.29 is 8.78 Å². The quantitative estimate of drug-likeness (QED) is 0.861. The Morgan fingerprint density at radius 3 is 2.73 bits per heavy atom. The van der Waals surface area contributed by atoms with Crippen molar-refractivity contribution in [1.82, 2.24) is 4.98 Å². The Balaban J connectivity index is 3.41. The molecule has 0 aliphatic carbocycles. The van der Waals surface area contributed by atoms with Gasteiger partial charge in [-0.15, -0.1) is 0 Å². The molecule has 0 radical (unpaired) electrons. The highest BCUT2D eigenvalue weighted by Crippen LogP contribution is 2.24. The molecule has 0 aliphatic rings. The maximum Gasteiger partial charge on any atom is 0.264 e. The van der Waals surface area contributed by atoms with E-state index in [1.54, 1.807) is 6.07 Å². The van der Waals surface area contributed by atoms with Gasteiger partial charge in [-0.2, -0.15) is 5.26 Å². The molecule has 1 aromatic rings. The summed E-state index contributed by atoms with van der Waals surface area (Å²) in [6.45, 7) is 0. The highest BCUT2D eigenvalue weighted by molar-refractivity contribution is 9.08. The summed E-state index contributed by atoms with van der Waals surface area (Å²) in [5, 5.41) is 8.75. The first-order valence-electron chi connectivity index (χ1n) is 4.06. The number of nitrogens with one attached hydrogen (secondary N) is 1. The van der Waals surface area contributed by atoms with Gasteiger partial charge in [0.15, 0.2) is 0 Å². The minimum atomic E-state index is -2.74. The predicted octanol–water partition coefficient (Wildman–Crippen LogP) is 2.27. The Bertz CT molecular complexity index is 450. The highest BCUT2D eigenvalue weighted by atomic mass is 79.9. The molecular weight excluding hydrogens is 270 g/mol. The fourth-order valence-corrected chi connectivity index (χ4v) is 1.74. The molecule has 1 rings (SSSR count). The molecule has 0 spiro atoms. The van der Waals surface area contributed by atoms with E-state index in [2.05, 4.69) is 20.9 Å². The lowest BCUT2D eigenvalue weighted by Gasteiger charge is -2.09. The van der Waals surface area contributed by atoms with Gasteiger partial charge >= 0.3 is 0 Å². The third kappa shape index (κ3) is 2.63. The van der Waals surface area contributed by atoms with Crippen LogP contribution in [0.1, 0.15) is 23.2 Å². The van der Waals surface area contributed by atoms with Crippen molar-refractivity contribution in [3.05, 3.63) is 33.2 Å². The first-order valence-corrected chi connectivity index (χ1v) is 5.18. The number of alkyl halides is 3. The highest BCUT2D eigenvalue weighted by Gasteiger charge is 2.17. The first kappa shape index (κ1) is 11.9. The Labute approximate surface area is 92.9 Å². The monoisotopic (exact) mass is 276 g/mol. The van der Waals surface area contributed by atoms with Gasteiger partial charge in [-0.25, -0.2) is 8.78 Å². The number of hydrogen-bond donors (Lipinski definition) is 1. The van der Waals surface area contributed by atoms with E-state index >= 15 is 0 Å². The van der Waals surface area contributed by atoms with Crippen LogP contribution in [0.15, 0.2) is 10.9 Å². The zero-order chi connectivity index (χ0) is 11.4. The minimum absolute atomic E-state index is 0.141. The fraction of sp³-hybridized carbons (Fsp3) is 0.333. The standard InChI is InChI=1S/C9H7BrF2N2O/c10-4-7-5(1-2-13)6(9(11)12)3-8(15)14-7/h3,9H,1,4H2,(H,14,15). The van der Waals surface area contributed by atoms with Gasteiger partial charge < -0.3 is 4.98 Å². The Hall–Kier alpha value is -1.22. The van der Waals surface area contributed by atoms with Gasteiger partial charge in [0.25, 0.3) is 6.43 Å². The lowest BCUT2D eigenvalue weighted by Crippen LogP contribution is -2.13. The maximum atomic E-state index is 12.6. The van der Waals surface area contributed by atoms with E-state index < -0.39 is 12.0 Å². The average molecular weight is 277 g/mol. The van der Waals surface area contributed by atoms with Crippen molar-refractivity contribution in [3.63, 3.8) is 0 Å². The Kier molecular flexibility index (Phi) is 3.97. The molecule has 0 saturated heterocycles. The van der Waals surface area contributed by atoms with E-state index in [0.29, 0.717) is 5.69 Å². The van der Waals surface area contributed by atoms with Crippen molar-refractivity contribution >= 4 is 15.9 Å². The van der Waals surface area contributed by atoms with Gasteiger partial charge in [-0.3, -0.25) is 4.79 Å². The summed E-state index contributed by atoms with van der Waals surface area (Å²) in [6, 6.07) is 2.63. The molecule has 6 heteroatoms. The summed E-state index contributed by atoms with van der Waals surface area (Å²) in [5.41, 5.74) is -0.417. The third-order valence-electron chi connectivity index (χ3n) is 1.90. The second-order valence-electron chi connectivity index (χ2n) is 2.82. The molecule has 0 bridgehead atoms. The van der Waals surface area contributed by atoms with Gasteiger partial charge in [0.05, 0.1) is 12.5 Å². The van der Waals surface area contributed by atoms with E-state index in [0.717, 1.165) is 6.07 Å². The largest absolute Gasteiger partial charge is 0.325 e. The van der Waals surface area contributed by atoms with Crippen LogP contribution in [0.5, 0.6) is 0 Å². The van der Waals surface area contributed by atoms with E-state index in [9.17, 15) is 13.6 Å². The van der Waals surface area contributed by atoms with Crippen molar-refractivity contribution in [2.45, 2.75) is 18.2 Å². The normalized spacial score (nSPS) is 10.3. The number of rotatable bonds is 3. The Morgan fingerprint density at radius 2 is 2.27 bits per heavy atom. The van der Waals surface area contributed by atoms with Gasteiger partial charge in [-0.1, -0.05) is 15.9 Å². The number of pyridine rings is 1. The number of halogens is 3. The zero-order valence-corrected chi connectivity index (χ0v) is 9.14. The van der Waals surface area contributed by atoms with Crippen LogP contribution in [0.2, 0.25) is 0 Å². The molecule has 0 aliphatic heterocycles. The summed E-state index contributed by atoms with van der Waals surface area (Å²) in [5.74, 6) is 0. The molecule has 0 fully saturated rings. The molecule has 0 saturated carbocycles. The third-order valence-corrected chi connectivity index (χ3v) is 2.46. The summed E-state index contributed by atoms with van der Waals surface area (Å²) < 4.78 is 25.1. The number of aromatic amines is 1. The molecular formula is C9H7BrF2N2O. The van der Waals surface area contributed by atoms with E-state index in [4.69, 9.17) is 5.26 Å². The summed E-state index contributed by atoms with van der Waals surface area (Å²) in [6.07, 6.45) is -2.88. The second kappa shape index (κ2) is 5.03.